The van der Waals surface area contributed by atoms with Gasteiger partial charge < -0.3 is 14.2 Å². The SMILES string of the molecule is Cc1nnc(N2CCN(C(=O)c3ccc(=O)[nH]n3)CC2)o1. The number of hydrogen-bond acceptors (Lipinski definition) is 7. The van der Waals surface area contributed by atoms with E-state index in [1.807, 2.05) is 4.90 Å². The fourth-order valence-corrected chi connectivity index (χ4v) is 2.14. The molecule has 1 N–H and O–H groups in total. The predicted molar refractivity (Wildman–Crippen MR) is 72.0 cm³/mol. The molecule has 0 atom stereocenters. The van der Waals surface area contributed by atoms with Gasteiger partial charge in [-0.2, -0.15) is 5.10 Å². The molecule has 1 amide bonds. The second-order valence-electron chi connectivity index (χ2n) is 4.69. The van der Waals surface area contributed by atoms with E-state index in [2.05, 4.69) is 20.4 Å². The zero-order valence-corrected chi connectivity index (χ0v) is 11.4. The van der Waals surface area contributed by atoms with Gasteiger partial charge in [0.15, 0.2) is 0 Å². The van der Waals surface area contributed by atoms with Crippen LogP contribution in [0.4, 0.5) is 6.01 Å². The number of aryl methyl sites for hydroxylation is 1. The number of aromatic nitrogens is 4. The van der Waals surface area contributed by atoms with Gasteiger partial charge in [0.1, 0.15) is 5.69 Å². The molecule has 2 aromatic heterocycles. The standard InChI is InChI=1S/C12H14N6O3/c1-8-13-16-12(21-8)18-6-4-17(5-7-18)11(20)9-2-3-10(19)15-14-9/h2-3H,4-7H2,1H3,(H,15,19). The maximum Gasteiger partial charge on any atom is 0.318 e. The Hall–Kier alpha value is -2.71. The molecule has 0 aromatic carbocycles. The van der Waals surface area contributed by atoms with Gasteiger partial charge in [0.2, 0.25) is 5.89 Å². The summed E-state index contributed by atoms with van der Waals surface area (Å²) < 4.78 is 5.36. The van der Waals surface area contributed by atoms with Crippen LogP contribution in [-0.4, -0.2) is 57.4 Å². The molecule has 9 heteroatoms. The average Bonchev–Trinajstić information content (AvgIpc) is 2.94. The lowest BCUT2D eigenvalue weighted by atomic mass is 10.3. The minimum absolute atomic E-state index is 0.201. The molecular formula is C12H14N6O3. The highest BCUT2D eigenvalue weighted by Gasteiger charge is 2.25. The minimum atomic E-state index is -0.330. The summed E-state index contributed by atoms with van der Waals surface area (Å²) in [6, 6.07) is 3.19. The molecule has 1 aliphatic rings. The molecule has 1 aliphatic heterocycles. The molecule has 3 heterocycles. The largest absolute Gasteiger partial charge is 0.408 e. The summed E-state index contributed by atoms with van der Waals surface area (Å²) in [4.78, 5) is 26.8. The lowest BCUT2D eigenvalue weighted by Crippen LogP contribution is -2.49. The Bertz CT molecular complexity index is 681. The van der Waals surface area contributed by atoms with E-state index in [-0.39, 0.29) is 17.2 Å². The van der Waals surface area contributed by atoms with Crippen LogP contribution in [0, 0.1) is 6.92 Å². The summed E-state index contributed by atoms with van der Waals surface area (Å²) in [5.41, 5.74) is -0.0974. The van der Waals surface area contributed by atoms with Crippen molar-refractivity contribution in [3.63, 3.8) is 0 Å². The molecule has 0 spiro atoms. The molecule has 9 nitrogen and oxygen atoms in total. The van der Waals surface area contributed by atoms with Crippen LogP contribution in [0.1, 0.15) is 16.4 Å². The fourth-order valence-electron chi connectivity index (χ4n) is 2.14. The van der Waals surface area contributed by atoms with Crippen molar-refractivity contribution in [1.29, 1.82) is 0 Å². The van der Waals surface area contributed by atoms with E-state index in [1.54, 1.807) is 11.8 Å². The zero-order valence-electron chi connectivity index (χ0n) is 11.4. The van der Waals surface area contributed by atoms with Gasteiger partial charge in [0, 0.05) is 39.2 Å². The smallest absolute Gasteiger partial charge is 0.318 e. The molecule has 21 heavy (non-hydrogen) atoms. The number of anilines is 1. The number of hydrogen-bond donors (Lipinski definition) is 1. The summed E-state index contributed by atoms with van der Waals surface area (Å²) >= 11 is 0. The van der Waals surface area contributed by atoms with Gasteiger partial charge >= 0.3 is 6.01 Å². The third-order valence-electron chi connectivity index (χ3n) is 3.25. The zero-order chi connectivity index (χ0) is 14.8. The lowest BCUT2D eigenvalue weighted by molar-refractivity contribution is 0.0737. The summed E-state index contributed by atoms with van der Waals surface area (Å²) in [5, 5.41) is 13.8. The van der Waals surface area contributed by atoms with Crippen LogP contribution in [0.15, 0.2) is 21.3 Å². The molecule has 0 unspecified atom stereocenters. The molecule has 110 valence electrons. The van der Waals surface area contributed by atoms with Crippen LogP contribution < -0.4 is 10.5 Å². The third kappa shape index (κ3) is 2.76. The average molecular weight is 290 g/mol. The number of piperazine rings is 1. The monoisotopic (exact) mass is 290 g/mol. The Morgan fingerprint density at radius 3 is 2.57 bits per heavy atom. The maximum absolute atomic E-state index is 12.2. The normalized spacial score (nSPS) is 15.3. The molecule has 0 bridgehead atoms. The number of aromatic amines is 1. The van der Waals surface area contributed by atoms with Gasteiger partial charge in [0.05, 0.1) is 0 Å². The first kappa shape index (κ1) is 13.3. The Morgan fingerprint density at radius 1 is 1.24 bits per heavy atom. The minimum Gasteiger partial charge on any atom is -0.408 e. The van der Waals surface area contributed by atoms with Crippen molar-refractivity contribution in [3.05, 3.63) is 34.1 Å². The van der Waals surface area contributed by atoms with Crippen LogP contribution in [-0.2, 0) is 0 Å². The second-order valence-corrected chi connectivity index (χ2v) is 4.69. The number of amides is 1. The number of nitrogens with zero attached hydrogens (tertiary/aromatic N) is 5. The number of carbonyl (C=O) groups excluding carboxylic acids is 1. The second kappa shape index (κ2) is 5.35. The number of H-pyrrole nitrogens is 1. The topological polar surface area (TPSA) is 108 Å². The lowest BCUT2D eigenvalue weighted by Gasteiger charge is -2.33. The van der Waals surface area contributed by atoms with Gasteiger partial charge in [-0.15, -0.1) is 5.10 Å². The van der Waals surface area contributed by atoms with Crippen LogP contribution in [0.25, 0.3) is 0 Å². The quantitative estimate of drug-likeness (QED) is 0.788. The van der Waals surface area contributed by atoms with Crippen molar-refractivity contribution >= 4 is 11.9 Å². The molecular weight excluding hydrogens is 276 g/mol. The number of carbonyl (C=O) groups is 1. The Morgan fingerprint density at radius 2 is 2.00 bits per heavy atom. The van der Waals surface area contributed by atoms with E-state index in [0.717, 1.165) is 0 Å². The number of rotatable bonds is 2. The van der Waals surface area contributed by atoms with Crippen molar-refractivity contribution in [3.8, 4) is 0 Å². The van der Waals surface area contributed by atoms with E-state index in [4.69, 9.17) is 4.42 Å². The van der Waals surface area contributed by atoms with E-state index in [0.29, 0.717) is 38.1 Å². The first-order valence-electron chi connectivity index (χ1n) is 6.53. The van der Waals surface area contributed by atoms with Crippen molar-refractivity contribution in [2.75, 3.05) is 31.1 Å². The van der Waals surface area contributed by atoms with E-state index in [9.17, 15) is 9.59 Å². The van der Waals surface area contributed by atoms with Crippen molar-refractivity contribution in [1.82, 2.24) is 25.3 Å². The highest BCUT2D eigenvalue weighted by molar-refractivity contribution is 5.92. The maximum atomic E-state index is 12.2. The van der Waals surface area contributed by atoms with Crippen molar-refractivity contribution < 1.29 is 9.21 Å². The molecule has 1 fully saturated rings. The molecule has 0 saturated carbocycles. The summed E-state index contributed by atoms with van der Waals surface area (Å²) in [5.74, 6) is 0.313. The molecule has 2 aromatic rings. The van der Waals surface area contributed by atoms with E-state index < -0.39 is 0 Å². The van der Waals surface area contributed by atoms with Gasteiger partial charge in [-0.3, -0.25) is 9.59 Å². The fraction of sp³-hybridized carbons (Fsp3) is 0.417. The van der Waals surface area contributed by atoms with E-state index in [1.165, 1.54) is 12.1 Å². The first-order valence-corrected chi connectivity index (χ1v) is 6.53. The molecule has 0 radical (unpaired) electrons. The van der Waals surface area contributed by atoms with Gasteiger partial charge in [-0.05, 0) is 6.07 Å². The van der Waals surface area contributed by atoms with Gasteiger partial charge in [-0.25, -0.2) is 5.10 Å². The van der Waals surface area contributed by atoms with Crippen molar-refractivity contribution in [2.45, 2.75) is 6.92 Å². The third-order valence-corrected chi connectivity index (χ3v) is 3.25. The highest BCUT2D eigenvalue weighted by atomic mass is 16.4. The predicted octanol–water partition coefficient (Wildman–Crippen LogP) is -0.576. The summed E-state index contributed by atoms with van der Waals surface area (Å²) in [6.07, 6.45) is 0. The van der Waals surface area contributed by atoms with Crippen LogP contribution in [0.3, 0.4) is 0 Å². The Balaban J connectivity index is 1.64. The van der Waals surface area contributed by atoms with Crippen LogP contribution in [0.2, 0.25) is 0 Å². The molecule has 0 aliphatic carbocycles. The first-order chi connectivity index (χ1) is 10.1. The molecule has 3 rings (SSSR count). The van der Waals surface area contributed by atoms with Crippen LogP contribution >= 0.6 is 0 Å². The van der Waals surface area contributed by atoms with Gasteiger partial charge in [0.25, 0.3) is 11.5 Å². The van der Waals surface area contributed by atoms with E-state index >= 15 is 0 Å². The number of nitrogens with one attached hydrogen (secondary N) is 1. The Kier molecular flexibility index (Phi) is 3.38. The van der Waals surface area contributed by atoms with Crippen LogP contribution in [0.5, 0.6) is 0 Å². The summed E-state index contributed by atoms with van der Waals surface area (Å²) in [7, 11) is 0. The highest BCUT2D eigenvalue weighted by Crippen LogP contribution is 2.15. The van der Waals surface area contributed by atoms with Crippen molar-refractivity contribution in [2.24, 2.45) is 0 Å². The Labute approximate surface area is 119 Å². The molecule has 1 saturated heterocycles. The summed E-state index contributed by atoms with van der Waals surface area (Å²) in [6.45, 7) is 4.01. The van der Waals surface area contributed by atoms with Gasteiger partial charge in [-0.1, -0.05) is 5.10 Å².